The van der Waals surface area contributed by atoms with Crippen LogP contribution in [0.2, 0.25) is 0 Å². The predicted molar refractivity (Wildman–Crippen MR) is 130 cm³/mol. The van der Waals surface area contributed by atoms with Crippen LogP contribution in [-0.2, 0) is 14.8 Å². The molecule has 0 unspecified atom stereocenters. The van der Waals surface area contributed by atoms with Crippen LogP contribution in [-0.4, -0.2) is 51.4 Å². The number of hydrogen-bond donors (Lipinski definition) is 2. The molecule has 2 aromatic carbocycles. The Hall–Kier alpha value is -3.17. The average molecular weight is 474 g/mol. The lowest BCUT2D eigenvalue weighted by molar-refractivity contribution is -0.111. The largest absolute Gasteiger partial charge is 0.495 e. The minimum atomic E-state index is -3.78. The Bertz CT molecular complexity index is 1120. The van der Waals surface area contributed by atoms with Crippen LogP contribution in [0.1, 0.15) is 43.6 Å². The molecule has 8 nitrogen and oxygen atoms in total. The maximum Gasteiger partial charge on any atom is 0.253 e. The van der Waals surface area contributed by atoms with E-state index in [1.54, 1.807) is 49.1 Å². The summed E-state index contributed by atoms with van der Waals surface area (Å²) in [6, 6.07) is 11.1. The molecule has 9 heteroatoms. The zero-order chi connectivity index (χ0) is 24.6. The maximum atomic E-state index is 12.6. The van der Waals surface area contributed by atoms with Crippen molar-refractivity contribution >= 4 is 33.6 Å². The molecule has 0 saturated heterocycles. The van der Waals surface area contributed by atoms with E-state index in [0.717, 1.165) is 0 Å². The van der Waals surface area contributed by atoms with Crippen LogP contribution in [0.3, 0.4) is 0 Å². The van der Waals surface area contributed by atoms with Gasteiger partial charge in [-0.25, -0.2) is 13.1 Å². The molecule has 2 amide bonds. The van der Waals surface area contributed by atoms with Gasteiger partial charge < -0.3 is 15.0 Å². The summed E-state index contributed by atoms with van der Waals surface area (Å²) in [6.07, 6.45) is 2.81. The number of hydrogen-bond acceptors (Lipinski definition) is 5. The predicted octanol–water partition coefficient (Wildman–Crippen LogP) is 3.52. The molecule has 0 radical (unpaired) electrons. The van der Waals surface area contributed by atoms with Gasteiger partial charge in [0.05, 0.1) is 7.11 Å². The Balaban J connectivity index is 2.19. The van der Waals surface area contributed by atoms with Crippen LogP contribution < -0.4 is 14.8 Å². The third kappa shape index (κ3) is 7.16. The highest BCUT2D eigenvalue weighted by atomic mass is 32.2. The number of amides is 2. The molecule has 0 atom stereocenters. The van der Waals surface area contributed by atoms with Gasteiger partial charge in [0.15, 0.2) is 0 Å². The maximum absolute atomic E-state index is 12.6. The molecule has 2 aromatic rings. The number of ether oxygens (including phenoxy) is 1. The van der Waals surface area contributed by atoms with E-state index in [2.05, 4.69) is 10.0 Å². The van der Waals surface area contributed by atoms with Crippen molar-refractivity contribution in [2.45, 2.75) is 38.6 Å². The van der Waals surface area contributed by atoms with Gasteiger partial charge in [0.2, 0.25) is 15.9 Å². The number of methoxy groups -OCH3 is 1. The molecule has 0 aliphatic carbocycles. The molecule has 33 heavy (non-hydrogen) atoms. The van der Waals surface area contributed by atoms with Crippen LogP contribution in [0.4, 0.5) is 5.69 Å². The number of rotatable bonds is 10. The summed E-state index contributed by atoms with van der Waals surface area (Å²) in [4.78, 5) is 26.6. The number of benzene rings is 2. The van der Waals surface area contributed by atoms with Crippen molar-refractivity contribution in [3.05, 3.63) is 59.7 Å². The monoisotopic (exact) mass is 473 g/mol. The average Bonchev–Trinajstić information content (AvgIpc) is 2.77. The minimum absolute atomic E-state index is 0.0103. The van der Waals surface area contributed by atoms with Crippen LogP contribution in [0.15, 0.2) is 53.4 Å². The first-order valence-corrected chi connectivity index (χ1v) is 12.2. The Morgan fingerprint density at radius 3 is 2.39 bits per heavy atom. The summed E-state index contributed by atoms with van der Waals surface area (Å²) in [6.45, 7) is 8.46. The number of carbonyl (C=O) groups excluding carboxylic acids is 2. The van der Waals surface area contributed by atoms with Gasteiger partial charge >= 0.3 is 0 Å². The van der Waals surface area contributed by atoms with E-state index in [0.29, 0.717) is 29.9 Å². The standard InChI is InChI=1S/C24H31N3O5S/c1-6-27(7-2)24(29)19-9-8-10-20(16-19)25-23(28)14-12-18-11-13-21(32-5)22(15-18)33(30,31)26-17(3)4/h8-17,26H,6-7H2,1-5H3,(H,25,28). The van der Waals surface area contributed by atoms with E-state index < -0.39 is 15.9 Å². The van der Waals surface area contributed by atoms with Gasteiger partial charge in [-0.15, -0.1) is 0 Å². The second kappa shape index (κ2) is 11.6. The van der Waals surface area contributed by atoms with Crippen molar-refractivity contribution < 1.29 is 22.7 Å². The SMILES string of the molecule is CCN(CC)C(=O)c1cccc(NC(=O)C=Cc2ccc(OC)c(S(=O)(=O)NC(C)C)c2)c1. The summed E-state index contributed by atoms with van der Waals surface area (Å²) in [5, 5.41) is 2.72. The van der Waals surface area contributed by atoms with Crippen molar-refractivity contribution in [2.24, 2.45) is 0 Å². The lowest BCUT2D eigenvalue weighted by Gasteiger charge is -2.18. The molecule has 0 heterocycles. The summed E-state index contributed by atoms with van der Waals surface area (Å²) < 4.78 is 32.9. The summed E-state index contributed by atoms with van der Waals surface area (Å²) in [5.41, 5.74) is 1.49. The number of nitrogens with zero attached hydrogens (tertiary/aromatic N) is 1. The quantitative estimate of drug-likeness (QED) is 0.514. The molecule has 0 bridgehead atoms. The smallest absolute Gasteiger partial charge is 0.253 e. The lowest BCUT2D eigenvalue weighted by Crippen LogP contribution is -2.30. The molecule has 0 fully saturated rings. The molecule has 0 aromatic heterocycles. The van der Waals surface area contributed by atoms with E-state index in [1.165, 1.54) is 31.4 Å². The molecular weight excluding hydrogens is 442 g/mol. The first-order chi connectivity index (χ1) is 15.6. The van der Waals surface area contributed by atoms with Crippen LogP contribution in [0, 0.1) is 0 Å². The molecular formula is C24H31N3O5S. The first-order valence-electron chi connectivity index (χ1n) is 10.7. The zero-order valence-electron chi connectivity index (χ0n) is 19.6. The second-order valence-corrected chi connectivity index (χ2v) is 9.25. The van der Waals surface area contributed by atoms with Crippen molar-refractivity contribution in [1.82, 2.24) is 9.62 Å². The molecule has 0 spiro atoms. The fraction of sp³-hybridized carbons (Fsp3) is 0.333. The highest BCUT2D eigenvalue weighted by molar-refractivity contribution is 7.89. The normalized spacial score (nSPS) is 11.6. The first kappa shape index (κ1) is 26.1. The van der Waals surface area contributed by atoms with E-state index >= 15 is 0 Å². The molecule has 2 N–H and O–H groups in total. The van der Waals surface area contributed by atoms with Gasteiger partial charge in [0.25, 0.3) is 5.91 Å². The lowest BCUT2D eigenvalue weighted by atomic mass is 10.1. The molecule has 0 aliphatic rings. The topological polar surface area (TPSA) is 105 Å². The Kier molecular flexibility index (Phi) is 9.19. The molecule has 0 saturated carbocycles. The Labute approximate surface area is 195 Å². The van der Waals surface area contributed by atoms with Gasteiger partial charge in [0.1, 0.15) is 10.6 Å². The van der Waals surface area contributed by atoms with Crippen molar-refractivity contribution in [3.63, 3.8) is 0 Å². The number of anilines is 1. The van der Waals surface area contributed by atoms with Gasteiger partial charge in [-0.3, -0.25) is 9.59 Å². The second-order valence-electron chi connectivity index (χ2n) is 7.57. The third-order valence-corrected chi connectivity index (χ3v) is 6.40. The Morgan fingerprint density at radius 2 is 1.79 bits per heavy atom. The summed E-state index contributed by atoms with van der Waals surface area (Å²) >= 11 is 0. The summed E-state index contributed by atoms with van der Waals surface area (Å²) in [5.74, 6) is -0.309. The molecule has 0 aliphatic heterocycles. The summed E-state index contributed by atoms with van der Waals surface area (Å²) in [7, 11) is -2.39. The van der Waals surface area contributed by atoms with E-state index in [-0.39, 0.29) is 22.6 Å². The third-order valence-electron chi connectivity index (χ3n) is 4.72. The van der Waals surface area contributed by atoms with Crippen LogP contribution in [0.25, 0.3) is 6.08 Å². The number of carbonyl (C=O) groups is 2. The molecule has 2 rings (SSSR count). The van der Waals surface area contributed by atoms with E-state index in [9.17, 15) is 18.0 Å². The van der Waals surface area contributed by atoms with Gasteiger partial charge in [0, 0.05) is 36.5 Å². The van der Waals surface area contributed by atoms with E-state index in [4.69, 9.17) is 4.74 Å². The van der Waals surface area contributed by atoms with Crippen molar-refractivity contribution in [1.29, 1.82) is 0 Å². The van der Waals surface area contributed by atoms with Crippen molar-refractivity contribution in [3.8, 4) is 5.75 Å². The van der Waals surface area contributed by atoms with Crippen molar-refractivity contribution in [2.75, 3.05) is 25.5 Å². The van der Waals surface area contributed by atoms with Gasteiger partial charge in [-0.05, 0) is 69.7 Å². The highest BCUT2D eigenvalue weighted by Gasteiger charge is 2.20. The Morgan fingerprint density at radius 1 is 1.09 bits per heavy atom. The molecule has 178 valence electrons. The van der Waals surface area contributed by atoms with Gasteiger partial charge in [-0.1, -0.05) is 12.1 Å². The zero-order valence-corrected chi connectivity index (χ0v) is 20.4. The fourth-order valence-electron chi connectivity index (χ4n) is 3.16. The number of nitrogens with one attached hydrogen (secondary N) is 2. The number of sulfonamides is 1. The van der Waals surface area contributed by atoms with Gasteiger partial charge in [-0.2, -0.15) is 0 Å². The van der Waals surface area contributed by atoms with E-state index in [1.807, 2.05) is 13.8 Å². The van der Waals surface area contributed by atoms with Crippen LogP contribution in [0.5, 0.6) is 5.75 Å². The minimum Gasteiger partial charge on any atom is -0.495 e. The van der Waals surface area contributed by atoms with Crippen LogP contribution >= 0.6 is 0 Å². The fourth-order valence-corrected chi connectivity index (χ4v) is 4.62. The highest BCUT2D eigenvalue weighted by Crippen LogP contribution is 2.25.